The van der Waals surface area contributed by atoms with Crippen molar-refractivity contribution in [3.05, 3.63) is 11.7 Å². The summed E-state index contributed by atoms with van der Waals surface area (Å²) in [5.74, 6) is 3.78. The van der Waals surface area contributed by atoms with Gasteiger partial charge in [0.25, 0.3) is 0 Å². The van der Waals surface area contributed by atoms with Gasteiger partial charge in [-0.15, -0.1) is 11.6 Å². The minimum absolute atomic E-state index is 0.159. The van der Waals surface area contributed by atoms with Crippen molar-refractivity contribution >= 4 is 11.6 Å². The van der Waals surface area contributed by atoms with Crippen LogP contribution < -0.4 is 0 Å². The van der Waals surface area contributed by atoms with Gasteiger partial charge in [-0.25, -0.2) is 0 Å². The lowest BCUT2D eigenvalue weighted by Crippen LogP contribution is -2.26. The quantitative estimate of drug-likeness (QED) is 0.744. The summed E-state index contributed by atoms with van der Waals surface area (Å²) >= 11 is 5.98. The number of aromatic nitrogens is 2. The van der Waals surface area contributed by atoms with Crippen LogP contribution in [0.2, 0.25) is 0 Å². The van der Waals surface area contributed by atoms with Crippen molar-refractivity contribution in [1.29, 1.82) is 0 Å². The fourth-order valence-corrected chi connectivity index (χ4v) is 3.76. The Morgan fingerprint density at radius 1 is 1.17 bits per heavy atom. The van der Waals surface area contributed by atoms with E-state index in [2.05, 4.69) is 10.1 Å². The second-order valence-electron chi connectivity index (χ2n) is 5.92. The van der Waals surface area contributed by atoms with Gasteiger partial charge in [0, 0.05) is 5.92 Å². The third kappa shape index (κ3) is 2.42. The molecule has 100 valence electrons. The predicted octanol–water partition coefficient (Wildman–Crippen LogP) is 4.44. The van der Waals surface area contributed by atoms with E-state index in [0.717, 1.165) is 17.7 Å². The van der Waals surface area contributed by atoms with Gasteiger partial charge in [-0.3, -0.25) is 0 Å². The van der Waals surface area contributed by atoms with E-state index in [-0.39, 0.29) is 5.38 Å². The number of rotatable bonds is 2. The fraction of sp³-hybridized carbons (Fsp3) is 0.857. The molecule has 0 radical (unpaired) electrons. The first-order chi connectivity index (χ1) is 8.74. The van der Waals surface area contributed by atoms with Crippen LogP contribution in [-0.4, -0.2) is 10.1 Å². The van der Waals surface area contributed by atoms with E-state index in [1.54, 1.807) is 0 Å². The lowest BCUT2D eigenvalue weighted by molar-refractivity contribution is 0.142. The third-order valence-corrected chi connectivity index (χ3v) is 4.90. The Hall–Kier alpha value is -0.570. The molecule has 2 aliphatic rings. The van der Waals surface area contributed by atoms with Crippen molar-refractivity contribution in [2.45, 2.75) is 63.2 Å². The molecule has 0 aliphatic heterocycles. The van der Waals surface area contributed by atoms with Crippen LogP contribution in [0.15, 0.2) is 4.52 Å². The highest BCUT2D eigenvalue weighted by molar-refractivity contribution is 6.20. The van der Waals surface area contributed by atoms with Crippen LogP contribution in [0.1, 0.15) is 74.9 Å². The zero-order chi connectivity index (χ0) is 12.5. The second kappa shape index (κ2) is 5.20. The minimum Gasteiger partial charge on any atom is -0.339 e. The maximum Gasteiger partial charge on any atom is 0.229 e. The van der Waals surface area contributed by atoms with Gasteiger partial charge >= 0.3 is 0 Å². The number of hydrogen-bond acceptors (Lipinski definition) is 3. The Bertz CT molecular complexity index is 404. The van der Waals surface area contributed by atoms with Gasteiger partial charge in [0.05, 0.1) is 5.38 Å². The van der Waals surface area contributed by atoms with Crippen LogP contribution in [-0.2, 0) is 0 Å². The summed E-state index contributed by atoms with van der Waals surface area (Å²) in [5, 5.41) is 3.82. The second-order valence-corrected chi connectivity index (χ2v) is 6.58. The summed E-state index contributed by atoms with van der Waals surface area (Å²) in [5.41, 5.74) is 0. The number of alkyl halides is 1. The minimum atomic E-state index is -0.159. The highest BCUT2D eigenvalue weighted by Crippen LogP contribution is 2.45. The zero-order valence-electron chi connectivity index (χ0n) is 10.9. The number of fused-ring (bicyclic) bond motifs is 1. The summed E-state index contributed by atoms with van der Waals surface area (Å²) < 4.78 is 5.40. The Kier molecular flexibility index (Phi) is 3.60. The number of hydrogen-bond donors (Lipinski definition) is 0. The molecule has 18 heavy (non-hydrogen) atoms. The molecule has 1 aromatic heterocycles. The molecule has 1 aromatic rings. The van der Waals surface area contributed by atoms with Gasteiger partial charge in [-0.2, -0.15) is 4.98 Å². The van der Waals surface area contributed by atoms with Crippen molar-refractivity contribution in [3.63, 3.8) is 0 Å². The van der Waals surface area contributed by atoms with Crippen LogP contribution in [0.5, 0.6) is 0 Å². The predicted molar refractivity (Wildman–Crippen MR) is 70.6 cm³/mol. The Morgan fingerprint density at radius 3 is 2.67 bits per heavy atom. The molecule has 2 aliphatic carbocycles. The lowest BCUT2D eigenvalue weighted by atomic mass is 9.67. The molecule has 0 amide bonds. The smallest absolute Gasteiger partial charge is 0.229 e. The maximum absolute atomic E-state index is 5.98. The summed E-state index contributed by atoms with van der Waals surface area (Å²) in [6.07, 6.45) is 9.45. The average Bonchev–Trinajstić information content (AvgIpc) is 2.88. The molecule has 4 heteroatoms. The molecule has 2 fully saturated rings. The van der Waals surface area contributed by atoms with E-state index in [1.165, 1.54) is 44.9 Å². The van der Waals surface area contributed by atoms with E-state index in [0.29, 0.717) is 11.7 Å². The van der Waals surface area contributed by atoms with Crippen LogP contribution in [0, 0.1) is 11.8 Å². The lowest BCUT2D eigenvalue weighted by Gasteiger charge is -2.38. The first kappa shape index (κ1) is 12.5. The largest absolute Gasteiger partial charge is 0.339 e. The molecule has 0 saturated heterocycles. The van der Waals surface area contributed by atoms with E-state index in [9.17, 15) is 0 Å². The summed E-state index contributed by atoms with van der Waals surface area (Å²) in [7, 11) is 0. The maximum atomic E-state index is 5.98. The normalized spacial score (nSPS) is 34.0. The summed E-state index contributed by atoms with van der Waals surface area (Å²) in [6.45, 7) is 1.88. The molecule has 1 heterocycles. The van der Waals surface area contributed by atoms with E-state index < -0.39 is 0 Å². The van der Waals surface area contributed by atoms with Crippen molar-refractivity contribution in [1.82, 2.24) is 10.1 Å². The SMILES string of the molecule is CC(Cl)c1noc(C2CCC3CCCCC3C2)n1. The number of nitrogens with zero attached hydrogens (tertiary/aromatic N) is 2. The molecule has 4 unspecified atom stereocenters. The topological polar surface area (TPSA) is 38.9 Å². The van der Waals surface area contributed by atoms with Crippen molar-refractivity contribution in [3.8, 4) is 0 Å². The standard InChI is InChI=1S/C14H21ClN2O/c1-9(15)13-16-14(18-17-13)12-7-6-10-4-2-3-5-11(10)8-12/h9-12H,2-8H2,1H3. The molecule has 0 N–H and O–H groups in total. The molecular formula is C14H21ClN2O. The monoisotopic (exact) mass is 268 g/mol. The Morgan fingerprint density at radius 2 is 1.94 bits per heavy atom. The zero-order valence-corrected chi connectivity index (χ0v) is 11.7. The average molecular weight is 269 g/mol. The van der Waals surface area contributed by atoms with Gasteiger partial charge in [-0.05, 0) is 38.0 Å². The van der Waals surface area contributed by atoms with Crippen molar-refractivity contribution in [2.24, 2.45) is 11.8 Å². The molecule has 2 saturated carbocycles. The van der Waals surface area contributed by atoms with Gasteiger partial charge < -0.3 is 4.52 Å². The molecule has 0 spiro atoms. The van der Waals surface area contributed by atoms with Crippen LogP contribution >= 0.6 is 11.6 Å². The van der Waals surface area contributed by atoms with Crippen molar-refractivity contribution in [2.75, 3.05) is 0 Å². The van der Waals surface area contributed by atoms with Gasteiger partial charge in [0.1, 0.15) is 0 Å². The molecular weight excluding hydrogens is 248 g/mol. The number of halogens is 1. The van der Waals surface area contributed by atoms with Gasteiger partial charge in [-0.1, -0.05) is 30.8 Å². The molecule has 3 rings (SSSR count). The fourth-order valence-electron chi connectivity index (χ4n) is 3.67. The van der Waals surface area contributed by atoms with Gasteiger partial charge in [0.15, 0.2) is 5.82 Å². The third-order valence-electron chi connectivity index (χ3n) is 4.70. The first-order valence-corrected chi connectivity index (χ1v) is 7.65. The van der Waals surface area contributed by atoms with E-state index in [1.807, 2.05) is 6.92 Å². The van der Waals surface area contributed by atoms with Crippen LogP contribution in [0.3, 0.4) is 0 Å². The van der Waals surface area contributed by atoms with Gasteiger partial charge in [0.2, 0.25) is 5.89 Å². The van der Waals surface area contributed by atoms with E-state index >= 15 is 0 Å². The Balaban J connectivity index is 1.69. The van der Waals surface area contributed by atoms with Crippen molar-refractivity contribution < 1.29 is 4.52 Å². The summed E-state index contributed by atoms with van der Waals surface area (Å²) in [6, 6.07) is 0. The molecule has 3 nitrogen and oxygen atoms in total. The Labute approximate surface area is 113 Å². The first-order valence-electron chi connectivity index (χ1n) is 7.21. The molecule has 0 bridgehead atoms. The molecule has 4 atom stereocenters. The van der Waals surface area contributed by atoms with E-state index in [4.69, 9.17) is 16.1 Å². The van der Waals surface area contributed by atoms with Crippen LogP contribution in [0.4, 0.5) is 0 Å². The molecule has 0 aromatic carbocycles. The highest BCUT2D eigenvalue weighted by atomic mass is 35.5. The summed E-state index contributed by atoms with van der Waals surface area (Å²) in [4.78, 5) is 4.46. The highest BCUT2D eigenvalue weighted by Gasteiger charge is 2.35. The van der Waals surface area contributed by atoms with Crippen LogP contribution in [0.25, 0.3) is 0 Å².